The third-order valence-corrected chi connectivity index (χ3v) is 9.07. The molecule has 1 aromatic heterocycles. The van der Waals surface area contributed by atoms with Gasteiger partial charge < -0.3 is 39.4 Å². The lowest BCUT2D eigenvalue weighted by Gasteiger charge is -2.38. The zero-order valence-corrected chi connectivity index (χ0v) is 25.0. The highest BCUT2D eigenvalue weighted by atomic mass is 32.2. The Bertz CT molecular complexity index is 1630. The molecule has 3 heterocycles. The van der Waals surface area contributed by atoms with Crippen LogP contribution >= 0.6 is 0 Å². The van der Waals surface area contributed by atoms with E-state index in [1.54, 1.807) is 50.4 Å². The lowest BCUT2D eigenvalue weighted by Crippen LogP contribution is -2.50. The number of sulfonamides is 1. The first-order chi connectivity index (χ1) is 20.5. The number of hydrogen-bond donors (Lipinski definition) is 3. The predicted octanol–water partition coefficient (Wildman–Crippen LogP) is 2.33. The molecule has 43 heavy (non-hydrogen) atoms. The molecular weight excluding hydrogens is 580 g/mol. The number of aliphatic hydroxyl groups excluding tert-OH is 1. The summed E-state index contributed by atoms with van der Waals surface area (Å²) in [6.45, 7) is 3.50. The Hall–Kier alpha value is -4.34. The minimum absolute atomic E-state index is 0.0766. The summed E-state index contributed by atoms with van der Waals surface area (Å²) >= 11 is 0. The number of benzene rings is 2. The van der Waals surface area contributed by atoms with Crippen LogP contribution in [0.3, 0.4) is 0 Å². The number of ether oxygens (including phenoxy) is 3. The molecule has 230 valence electrons. The number of fused-ring (bicyclic) bond motifs is 2. The van der Waals surface area contributed by atoms with Crippen molar-refractivity contribution in [3.8, 4) is 17.2 Å². The second-order valence-electron chi connectivity index (χ2n) is 10.6. The third-order valence-electron chi connectivity index (χ3n) is 7.36. The molecule has 15 heteroatoms. The standard InChI is InChI=1S/C28H34N6O8S/c1-17-11-34(18(2)14-35)27(36)20-6-5-7-21(31-28(37)30-19-8-9-22-23(10-19)41-16-40-22)26(20)42-24(17)12-33(4)43(38,39)25-13-32(3)15-29-25/h5-10,13,15,17-18,24,35H,11-12,14,16H2,1-4H3,(H2,30,31,37)/t17-,18-,24+/m0/s1. The van der Waals surface area contributed by atoms with Crippen molar-refractivity contribution in [3.05, 3.63) is 54.5 Å². The second-order valence-corrected chi connectivity index (χ2v) is 12.6. The quantitative estimate of drug-likeness (QED) is 0.345. The van der Waals surface area contributed by atoms with Crippen molar-refractivity contribution in [1.29, 1.82) is 0 Å². The molecule has 2 aromatic carbocycles. The number of para-hydroxylation sites is 1. The molecule has 3 N–H and O–H groups in total. The Balaban J connectivity index is 1.45. The molecule has 0 spiro atoms. The number of imidazole rings is 1. The number of aryl methyl sites for hydroxylation is 1. The summed E-state index contributed by atoms with van der Waals surface area (Å²) in [5.74, 6) is 0.387. The zero-order chi connectivity index (χ0) is 30.9. The fourth-order valence-electron chi connectivity index (χ4n) is 4.85. The van der Waals surface area contributed by atoms with Crippen LogP contribution in [-0.2, 0) is 17.1 Å². The average molecular weight is 615 g/mol. The number of anilines is 2. The number of carbonyl (C=O) groups excluding carboxylic acids is 2. The van der Waals surface area contributed by atoms with Gasteiger partial charge in [0.25, 0.3) is 15.9 Å². The molecule has 14 nitrogen and oxygen atoms in total. The van der Waals surface area contributed by atoms with E-state index >= 15 is 0 Å². The van der Waals surface area contributed by atoms with Gasteiger partial charge in [0.15, 0.2) is 22.3 Å². The highest BCUT2D eigenvalue weighted by molar-refractivity contribution is 7.89. The van der Waals surface area contributed by atoms with Crippen molar-refractivity contribution in [2.24, 2.45) is 13.0 Å². The smallest absolute Gasteiger partial charge is 0.323 e. The van der Waals surface area contributed by atoms with Gasteiger partial charge >= 0.3 is 6.03 Å². The summed E-state index contributed by atoms with van der Waals surface area (Å²) in [4.78, 5) is 32.3. The molecule has 3 amide bonds. The summed E-state index contributed by atoms with van der Waals surface area (Å²) in [6.07, 6.45) is 2.06. The normalized spacial score (nSPS) is 18.8. The molecule has 0 bridgehead atoms. The molecule has 0 radical (unpaired) electrons. The highest BCUT2D eigenvalue weighted by Crippen LogP contribution is 2.36. The second kappa shape index (κ2) is 12.1. The minimum Gasteiger partial charge on any atom is -0.486 e. The summed E-state index contributed by atoms with van der Waals surface area (Å²) in [7, 11) is -0.844. The number of aliphatic hydroxyl groups is 1. The van der Waals surface area contributed by atoms with Crippen molar-refractivity contribution >= 4 is 33.3 Å². The van der Waals surface area contributed by atoms with Crippen LogP contribution in [0.1, 0.15) is 24.2 Å². The molecule has 2 aliphatic rings. The van der Waals surface area contributed by atoms with E-state index in [9.17, 15) is 23.1 Å². The van der Waals surface area contributed by atoms with Crippen LogP contribution < -0.4 is 24.8 Å². The number of aromatic nitrogens is 2. The van der Waals surface area contributed by atoms with E-state index in [0.29, 0.717) is 17.2 Å². The number of likely N-dealkylation sites (N-methyl/N-ethyl adjacent to an activating group) is 1. The topological polar surface area (TPSA) is 165 Å². The van der Waals surface area contributed by atoms with Gasteiger partial charge in [0, 0.05) is 44.5 Å². The number of rotatable bonds is 8. The minimum atomic E-state index is -3.95. The fourth-order valence-corrected chi connectivity index (χ4v) is 5.99. The van der Waals surface area contributed by atoms with Crippen molar-refractivity contribution in [3.63, 3.8) is 0 Å². The van der Waals surface area contributed by atoms with Crippen LogP contribution in [0.5, 0.6) is 17.2 Å². The van der Waals surface area contributed by atoms with E-state index in [1.165, 1.54) is 29.0 Å². The van der Waals surface area contributed by atoms with Crippen LogP contribution in [0.2, 0.25) is 0 Å². The van der Waals surface area contributed by atoms with Gasteiger partial charge in [-0.25, -0.2) is 18.2 Å². The maximum Gasteiger partial charge on any atom is 0.323 e. The first kappa shape index (κ1) is 30.1. The molecule has 5 rings (SSSR count). The van der Waals surface area contributed by atoms with Gasteiger partial charge in [-0.3, -0.25) is 4.79 Å². The van der Waals surface area contributed by atoms with Gasteiger partial charge in [0.2, 0.25) is 6.79 Å². The van der Waals surface area contributed by atoms with Crippen molar-refractivity contribution in [1.82, 2.24) is 18.8 Å². The molecule has 0 saturated carbocycles. The van der Waals surface area contributed by atoms with E-state index < -0.39 is 34.1 Å². The maximum atomic E-state index is 13.7. The molecular formula is C28H34N6O8S. The highest BCUT2D eigenvalue weighted by Gasteiger charge is 2.36. The Morgan fingerprint density at radius 1 is 1.21 bits per heavy atom. The molecule has 0 unspecified atom stereocenters. The van der Waals surface area contributed by atoms with Crippen LogP contribution in [-0.4, -0.2) is 89.9 Å². The zero-order valence-electron chi connectivity index (χ0n) is 24.2. The molecule has 2 aliphatic heterocycles. The first-order valence-corrected chi connectivity index (χ1v) is 15.1. The van der Waals surface area contributed by atoms with E-state index in [-0.39, 0.29) is 54.4 Å². The number of urea groups is 1. The molecule has 0 aliphatic carbocycles. The summed E-state index contributed by atoms with van der Waals surface area (Å²) in [6, 6.07) is 8.59. The van der Waals surface area contributed by atoms with Crippen molar-refractivity contribution < 1.29 is 37.3 Å². The SMILES string of the molecule is C[C@H]1CN([C@@H](C)CO)C(=O)c2cccc(NC(=O)Nc3ccc4c(c3)OCO4)c2O[C@@H]1CN(C)S(=O)(=O)c1cn(C)cn1. The van der Waals surface area contributed by atoms with Crippen LogP contribution in [0.15, 0.2) is 53.9 Å². The Morgan fingerprint density at radius 3 is 2.70 bits per heavy atom. The third kappa shape index (κ3) is 6.23. The van der Waals surface area contributed by atoms with Crippen molar-refractivity contribution in [2.45, 2.75) is 31.0 Å². The van der Waals surface area contributed by atoms with E-state index in [1.807, 2.05) is 6.92 Å². The molecule has 3 aromatic rings. The Kier molecular flexibility index (Phi) is 8.48. The van der Waals surface area contributed by atoms with E-state index in [4.69, 9.17) is 14.2 Å². The van der Waals surface area contributed by atoms with Gasteiger partial charge in [-0.2, -0.15) is 4.31 Å². The number of nitrogens with one attached hydrogen (secondary N) is 2. The number of carbonyl (C=O) groups is 2. The summed E-state index contributed by atoms with van der Waals surface area (Å²) in [5, 5.41) is 15.3. The van der Waals surface area contributed by atoms with Gasteiger partial charge in [0.1, 0.15) is 6.10 Å². The number of amides is 3. The van der Waals surface area contributed by atoms with Crippen LogP contribution in [0.25, 0.3) is 0 Å². The first-order valence-electron chi connectivity index (χ1n) is 13.6. The Labute approximate surface area is 249 Å². The molecule has 0 fully saturated rings. The summed E-state index contributed by atoms with van der Waals surface area (Å²) < 4.78 is 46.3. The average Bonchev–Trinajstić information content (AvgIpc) is 3.63. The number of nitrogens with zero attached hydrogens (tertiary/aromatic N) is 4. The van der Waals surface area contributed by atoms with E-state index in [0.717, 1.165) is 4.31 Å². The lowest BCUT2D eigenvalue weighted by atomic mass is 9.99. The monoisotopic (exact) mass is 614 g/mol. The van der Waals surface area contributed by atoms with Gasteiger partial charge in [-0.15, -0.1) is 0 Å². The molecule has 0 saturated heterocycles. The van der Waals surface area contributed by atoms with Gasteiger partial charge in [-0.1, -0.05) is 13.0 Å². The maximum absolute atomic E-state index is 13.7. The molecule has 3 atom stereocenters. The van der Waals surface area contributed by atoms with E-state index in [2.05, 4.69) is 15.6 Å². The van der Waals surface area contributed by atoms with Gasteiger partial charge in [-0.05, 0) is 31.2 Å². The van der Waals surface area contributed by atoms with Crippen LogP contribution in [0.4, 0.5) is 16.2 Å². The van der Waals surface area contributed by atoms with Gasteiger partial charge in [0.05, 0.1) is 36.8 Å². The van der Waals surface area contributed by atoms with Crippen LogP contribution in [0, 0.1) is 5.92 Å². The predicted molar refractivity (Wildman–Crippen MR) is 156 cm³/mol. The largest absolute Gasteiger partial charge is 0.486 e. The Morgan fingerprint density at radius 2 is 1.98 bits per heavy atom. The number of hydrogen-bond acceptors (Lipinski definition) is 9. The van der Waals surface area contributed by atoms with Crippen molar-refractivity contribution in [2.75, 3.05) is 44.2 Å². The lowest BCUT2D eigenvalue weighted by molar-refractivity contribution is 0.0389. The summed E-state index contributed by atoms with van der Waals surface area (Å²) in [5.41, 5.74) is 0.816. The fraction of sp³-hybridized carbons (Fsp3) is 0.393.